The van der Waals surface area contributed by atoms with Crippen LogP contribution in [0.5, 0.6) is 5.75 Å². The lowest BCUT2D eigenvalue weighted by atomic mass is 10.1. The van der Waals surface area contributed by atoms with Crippen LogP contribution in [0.4, 0.5) is 11.4 Å². The van der Waals surface area contributed by atoms with E-state index in [0.29, 0.717) is 17.4 Å². The third kappa shape index (κ3) is 4.14. The summed E-state index contributed by atoms with van der Waals surface area (Å²) in [5.74, 6) is 2.01. The number of nitrogens with one attached hydrogen (secondary N) is 1. The molecule has 0 bridgehead atoms. The molecule has 29 heavy (non-hydrogen) atoms. The summed E-state index contributed by atoms with van der Waals surface area (Å²) >= 11 is 0. The molecule has 0 atom stereocenters. The van der Waals surface area contributed by atoms with Gasteiger partial charge in [0, 0.05) is 34.9 Å². The minimum absolute atomic E-state index is 0. The van der Waals surface area contributed by atoms with Gasteiger partial charge in [-0.3, -0.25) is 0 Å². The molecule has 7 nitrogen and oxygen atoms in total. The molecule has 0 aliphatic carbocycles. The van der Waals surface area contributed by atoms with Crippen molar-refractivity contribution in [2.45, 2.75) is 26.7 Å². The number of aryl methyl sites for hydroxylation is 1. The van der Waals surface area contributed by atoms with E-state index in [4.69, 9.17) is 9.26 Å². The van der Waals surface area contributed by atoms with Crippen LogP contribution in [0.3, 0.4) is 0 Å². The fourth-order valence-corrected chi connectivity index (χ4v) is 2.89. The number of hydrogen-bond donors (Lipinski definition) is 1. The molecular formula is C21H22ClN5O2. The summed E-state index contributed by atoms with van der Waals surface area (Å²) in [6.45, 7) is 5.99. The molecule has 0 saturated carbocycles. The molecule has 4 rings (SSSR count). The molecule has 1 N–H and O–H groups in total. The van der Waals surface area contributed by atoms with Crippen molar-refractivity contribution in [1.82, 2.24) is 20.1 Å². The van der Waals surface area contributed by atoms with E-state index < -0.39 is 0 Å². The summed E-state index contributed by atoms with van der Waals surface area (Å²) < 4.78 is 10.9. The molecule has 0 aliphatic heterocycles. The van der Waals surface area contributed by atoms with Crippen molar-refractivity contribution in [1.29, 1.82) is 0 Å². The summed E-state index contributed by atoms with van der Waals surface area (Å²) in [6.07, 6.45) is 1.72. The van der Waals surface area contributed by atoms with E-state index in [9.17, 15) is 0 Å². The Morgan fingerprint density at radius 2 is 1.93 bits per heavy atom. The van der Waals surface area contributed by atoms with Gasteiger partial charge < -0.3 is 14.6 Å². The number of nitrogens with zero attached hydrogens (tertiary/aromatic N) is 4. The third-order valence-electron chi connectivity index (χ3n) is 4.40. The molecule has 150 valence electrons. The van der Waals surface area contributed by atoms with Crippen molar-refractivity contribution in [2.24, 2.45) is 0 Å². The maximum absolute atomic E-state index is 5.52. The standard InChI is InChI=1S/C21H21N5O2.ClH/c1-12(2)19-25-21(28-26-19)17-11-22-20-16(9-8-13(3)23-20)18(17)24-14-6-5-7-15(10-14)27-4;/h5-12H,1-4H3,(H,22,23,24);1H. The number of aromatic nitrogens is 4. The lowest BCUT2D eigenvalue weighted by Crippen LogP contribution is -1.99. The van der Waals surface area contributed by atoms with Crippen LogP contribution in [0, 0.1) is 6.92 Å². The average molecular weight is 412 g/mol. The summed E-state index contributed by atoms with van der Waals surface area (Å²) in [7, 11) is 1.64. The molecule has 3 aromatic heterocycles. The number of hydrogen-bond acceptors (Lipinski definition) is 7. The molecule has 0 radical (unpaired) electrons. The number of rotatable bonds is 5. The van der Waals surface area contributed by atoms with E-state index >= 15 is 0 Å². The second-order valence-corrected chi connectivity index (χ2v) is 6.84. The number of methoxy groups -OCH3 is 1. The lowest BCUT2D eigenvalue weighted by molar-refractivity contribution is 0.415. The van der Waals surface area contributed by atoms with Crippen molar-refractivity contribution >= 4 is 34.8 Å². The molecule has 0 aliphatic rings. The Kier molecular flexibility index (Phi) is 5.98. The second kappa shape index (κ2) is 8.45. The van der Waals surface area contributed by atoms with Gasteiger partial charge in [0.2, 0.25) is 0 Å². The van der Waals surface area contributed by atoms with Crippen LogP contribution in [-0.4, -0.2) is 27.2 Å². The van der Waals surface area contributed by atoms with E-state index in [2.05, 4.69) is 25.4 Å². The third-order valence-corrected chi connectivity index (χ3v) is 4.40. The van der Waals surface area contributed by atoms with E-state index in [1.807, 2.05) is 57.2 Å². The quantitative estimate of drug-likeness (QED) is 0.477. The van der Waals surface area contributed by atoms with E-state index in [1.54, 1.807) is 13.3 Å². The molecule has 4 aromatic rings. The molecule has 0 fully saturated rings. The average Bonchev–Trinajstić information content (AvgIpc) is 3.18. The number of fused-ring (bicyclic) bond motifs is 1. The highest BCUT2D eigenvalue weighted by atomic mass is 35.5. The monoisotopic (exact) mass is 411 g/mol. The van der Waals surface area contributed by atoms with Gasteiger partial charge in [-0.2, -0.15) is 4.98 Å². The Labute approximate surface area is 174 Å². The highest BCUT2D eigenvalue weighted by Crippen LogP contribution is 2.35. The zero-order chi connectivity index (χ0) is 19.7. The predicted molar refractivity (Wildman–Crippen MR) is 115 cm³/mol. The van der Waals surface area contributed by atoms with Crippen molar-refractivity contribution in [2.75, 3.05) is 12.4 Å². The van der Waals surface area contributed by atoms with Gasteiger partial charge in [0.05, 0.1) is 18.4 Å². The second-order valence-electron chi connectivity index (χ2n) is 6.84. The first kappa shape index (κ1) is 20.5. The van der Waals surface area contributed by atoms with Crippen LogP contribution in [0.15, 0.2) is 47.1 Å². The Morgan fingerprint density at radius 1 is 1.10 bits per heavy atom. The Hall–Kier alpha value is -3.19. The van der Waals surface area contributed by atoms with Gasteiger partial charge in [0.15, 0.2) is 11.5 Å². The highest BCUT2D eigenvalue weighted by molar-refractivity contribution is 5.98. The van der Waals surface area contributed by atoms with E-state index in [-0.39, 0.29) is 18.3 Å². The summed E-state index contributed by atoms with van der Waals surface area (Å²) in [6, 6.07) is 11.7. The summed E-state index contributed by atoms with van der Waals surface area (Å²) in [5, 5.41) is 8.41. The van der Waals surface area contributed by atoms with Crippen LogP contribution in [-0.2, 0) is 0 Å². The first-order valence-electron chi connectivity index (χ1n) is 9.06. The molecule has 1 aromatic carbocycles. The van der Waals surface area contributed by atoms with Crippen LogP contribution >= 0.6 is 12.4 Å². The van der Waals surface area contributed by atoms with Crippen LogP contribution in [0.25, 0.3) is 22.5 Å². The van der Waals surface area contributed by atoms with Gasteiger partial charge in [0.1, 0.15) is 5.75 Å². The first-order valence-corrected chi connectivity index (χ1v) is 9.06. The number of pyridine rings is 2. The number of anilines is 2. The molecule has 0 spiro atoms. The van der Waals surface area contributed by atoms with Gasteiger partial charge in [-0.1, -0.05) is 25.1 Å². The Bertz CT molecular complexity index is 1140. The Morgan fingerprint density at radius 3 is 2.66 bits per heavy atom. The molecule has 0 unspecified atom stereocenters. The Balaban J connectivity index is 0.00000240. The van der Waals surface area contributed by atoms with Crippen LogP contribution < -0.4 is 10.1 Å². The highest BCUT2D eigenvalue weighted by Gasteiger charge is 2.18. The normalized spacial score (nSPS) is 10.8. The molecule has 8 heteroatoms. The number of benzene rings is 1. The van der Waals surface area contributed by atoms with Crippen LogP contribution in [0.2, 0.25) is 0 Å². The zero-order valence-corrected chi connectivity index (χ0v) is 17.4. The lowest BCUT2D eigenvalue weighted by Gasteiger charge is -2.13. The number of ether oxygens (including phenoxy) is 1. The van der Waals surface area contributed by atoms with E-state index in [1.165, 1.54) is 0 Å². The first-order chi connectivity index (χ1) is 13.5. The van der Waals surface area contributed by atoms with Gasteiger partial charge in [-0.25, -0.2) is 9.97 Å². The maximum atomic E-state index is 5.52. The van der Waals surface area contributed by atoms with Crippen molar-refractivity contribution in [3.63, 3.8) is 0 Å². The molecular weight excluding hydrogens is 390 g/mol. The number of halogens is 1. The summed E-state index contributed by atoms with van der Waals surface area (Å²) in [4.78, 5) is 13.6. The fourth-order valence-electron chi connectivity index (χ4n) is 2.89. The fraction of sp³-hybridized carbons (Fsp3) is 0.238. The zero-order valence-electron chi connectivity index (χ0n) is 16.6. The van der Waals surface area contributed by atoms with Gasteiger partial charge in [-0.05, 0) is 31.2 Å². The SMILES string of the molecule is COc1cccc(Nc2c(-c3nc(C(C)C)no3)cnc3nc(C)ccc23)c1.Cl. The topological polar surface area (TPSA) is 86.0 Å². The molecule has 3 heterocycles. The van der Waals surface area contributed by atoms with Gasteiger partial charge in [0.25, 0.3) is 5.89 Å². The minimum Gasteiger partial charge on any atom is -0.497 e. The van der Waals surface area contributed by atoms with Crippen molar-refractivity contribution < 1.29 is 9.26 Å². The predicted octanol–water partition coefficient (Wildman–Crippen LogP) is 5.29. The van der Waals surface area contributed by atoms with Crippen molar-refractivity contribution in [3.8, 4) is 17.2 Å². The molecule has 0 saturated heterocycles. The maximum Gasteiger partial charge on any atom is 0.261 e. The molecule has 0 amide bonds. The summed E-state index contributed by atoms with van der Waals surface area (Å²) in [5.41, 5.74) is 3.96. The minimum atomic E-state index is 0. The van der Waals surface area contributed by atoms with Crippen molar-refractivity contribution in [3.05, 3.63) is 54.1 Å². The van der Waals surface area contributed by atoms with Gasteiger partial charge in [-0.15, -0.1) is 12.4 Å². The smallest absolute Gasteiger partial charge is 0.261 e. The largest absolute Gasteiger partial charge is 0.497 e. The van der Waals surface area contributed by atoms with Gasteiger partial charge >= 0.3 is 0 Å². The van der Waals surface area contributed by atoms with Crippen LogP contribution in [0.1, 0.15) is 31.3 Å². The van der Waals surface area contributed by atoms with E-state index in [0.717, 1.165) is 33.8 Å².